The Morgan fingerprint density at radius 2 is 1.73 bits per heavy atom. The van der Waals surface area contributed by atoms with E-state index in [4.69, 9.17) is 4.74 Å². The maximum Gasteiger partial charge on any atom is 0.191 e. The van der Waals surface area contributed by atoms with Crippen LogP contribution in [0.4, 0.5) is 0 Å². The molecule has 1 aliphatic heterocycles. The lowest BCUT2D eigenvalue weighted by Gasteiger charge is -2.27. The van der Waals surface area contributed by atoms with Crippen LogP contribution in [-0.2, 0) is 24.4 Å². The van der Waals surface area contributed by atoms with Crippen molar-refractivity contribution < 1.29 is 4.74 Å². The van der Waals surface area contributed by atoms with Crippen LogP contribution < -0.4 is 10.6 Å². The molecule has 1 aliphatic rings. The summed E-state index contributed by atoms with van der Waals surface area (Å²) in [6.45, 7) is 5.79. The van der Waals surface area contributed by atoms with Crippen molar-refractivity contribution in [2.75, 3.05) is 33.4 Å². The Morgan fingerprint density at radius 3 is 2.53 bits per heavy atom. The molecule has 3 aromatic rings. The zero-order chi connectivity index (χ0) is 19.9. The lowest BCUT2D eigenvalue weighted by Crippen LogP contribution is -2.38. The number of nitrogens with zero attached hydrogens (tertiary/aromatic N) is 5. The highest BCUT2D eigenvalue weighted by Gasteiger charge is 2.13. The number of hydrogen-bond acceptors (Lipinski definition) is 5. The largest absolute Gasteiger partial charge is 0.379 e. The van der Waals surface area contributed by atoms with E-state index in [-0.39, 0.29) is 24.0 Å². The molecule has 8 nitrogen and oxygen atoms in total. The molecule has 2 aromatic heterocycles. The van der Waals surface area contributed by atoms with Gasteiger partial charge in [-0.25, -0.2) is 0 Å². The third-order valence-electron chi connectivity index (χ3n) is 5.08. The molecule has 0 unspecified atom stereocenters. The zero-order valence-electron chi connectivity index (χ0n) is 17.1. The van der Waals surface area contributed by atoms with Crippen LogP contribution in [0.15, 0.2) is 53.7 Å². The second-order valence-electron chi connectivity index (χ2n) is 6.98. The molecule has 3 heterocycles. The normalized spacial score (nSPS) is 15.0. The van der Waals surface area contributed by atoms with Gasteiger partial charge in [-0.1, -0.05) is 30.3 Å². The number of morpholine rings is 1. The number of pyridine rings is 1. The minimum atomic E-state index is 0. The van der Waals surface area contributed by atoms with Crippen molar-refractivity contribution in [1.29, 1.82) is 0 Å². The van der Waals surface area contributed by atoms with Gasteiger partial charge in [0.2, 0.25) is 0 Å². The Balaban J connectivity index is 0.00000256. The van der Waals surface area contributed by atoms with Crippen LogP contribution in [0.25, 0.3) is 5.65 Å². The van der Waals surface area contributed by atoms with Crippen LogP contribution in [0.3, 0.4) is 0 Å². The van der Waals surface area contributed by atoms with E-state index in [1.165, 1.54) is 11.1 Å². The number of aliphatic imine (C=N–C) groups is 1. The van der Waals surface area contributed by atoms with Gasteiger partial charge >= 0.3 is 0 Å². The summed E-state index contributed by atoms with van der Waals surface area (Å²) in [6.07, 6.45) is 1.96. The standard InChI is InChI=1S/C21H27N7O.HI/c1-22-21(24-15-20-26-25-19-8-4-5-9-28(19)20)23-14-17-6-2-3-7-18(17)16-27-10-12-29-13-11-27;/h2-9H,10-16H2,1H3,(H2,22,23,24);1H. The summed E-state index contributed by atoms with van der Waals surface area (Å²) >= 11 is 0. The van der Waals surface area contributed by atoms with Crippen molar-refractivity contribution in [3.8, 4) is 0 Å². The third-order valence-corrected chi connectivity index (χ3v) is 5.08. The Bertz CT molecular complexity index is 969. The molecule has 30 heavy (non-hydrogen) atoms. The molecule has 0 saturated carbocycles. The van der Waals surface area contributed by atoms with E-state index in [1.807, 2.05) is 28.8 Å². The number of benzene rings is 1. The van der Waals surface area contributed by atoms with E-state index < -0.39 is 0 Å². The number of fused-ring (bicyclic) bond motifs is 1. The van der Waals surface area contributed by atoms with E-state index in [9.17, 15) is 0 Å². The summed E-state index contributed by atoms with van der Waals surface area (Å²) in [5, 5.41) is 15.2. The molecule has 9 heteroatoms. The molecule has 0 spiro atoms. The van der Waals surface area contributed by atoms with E-state index in [0.717, 1.165) is 50.3 Å². The first kappa shape index (κ1) is 22.4. The quantitative estimate of drug-likeness (QED) is 0.294. The summed E-state index contributed by atoms with van der Waals surface area (Å²) in [5.41, 5.74) is 3.44. The number of guanidine groups is 1. The van der Waals surface area contributed by atoms with E-state index in [0.29, 0.717) is 13.1 Å². The van der Waals surface area contributed by atoms with Gasteiger partial charge in [0.1, 0.15) is 0 Å². The topological polar surface area (TPSA) is 79.1 Å². The summed E-state index contributed by atoms with van der Waals surface area (Å²) in [6, 6.07) is 14.4. The summed E-state index contributed by atoms with van der Waals surface area (Å²) < 4.78 is 7.43. The van der Waals surface area contributed by atoms with Crippen molar-refractivity contribution in [2.24, 2.45) is 4.99 Å². The van der Waals surface area contributed by atoms with E-state index >= 15 is 0 Å². The van der Waals surface area contributed by atoms with Gasteiger partial charge in [-0.15, -0.1) is 34.2 Å². The van der Waals surface area contributed by atoms with Gasteiger partial charge in [-0.3, -0.25) is 14.3 Å². The fourth-order valence-electron chi connectivity index (χ4n) is 3.46. The van der Waals surface area contributed by atoms with Crippen LogP contribution in [-0.4, -0.2) is 58.8 Å². The molecule has 1 aromatic carbocycles. The van der Waals surface area contributed by atoms with Crippen molar-refractivity contribution in [2.45, 2.75) is 19.6 Å². The van der Waals surface area contributed by atoms with Gasteiger partial charge < -0.3 is 15.4 Å². The summed E-state index contributed by atoms with van der Waals surface area (Å²) in [7, 11) is 1.77. The predicted molar refractivity (Wildman–Crippen MR) is 128 cm³/mol. The number of hydrogen-bond donors (Lipinski definition) is 2. The van der Waals surface area contributed by atoms with Crippen molar-refractivity contribution in [1.82, 2.24) is 30.1 Å². The van der Waals surface area contributed by atoms with Crippen LogP contribution in [0.1, 0.15) is 17.0 Å². The first-order valence-corrected chi connectivity index (χ1v) is 9.93. The number of ether oxygens (including phenoxy) is 1. The molecule has 1 fully saturated rings. The Hall–Kier alpha value is -2.24. The SMILES string of the molecule is CN=C(NCc1ccccc1CN1CCOCC1)NCc1nnc2ccccn12.I. The van der Waals surface area contributed by atoms with Crippen molar-refractivity contribution >= 4 is 35.6 Å². The fourth-order valence-corrected chi connectivity index (χ4v) is 3.46. The zero-order valence-corrected chi connectivity index (χ0v) is 19.5. The first-order chi connectivity index (χ1) is 14.3. The molecule has 1 saturated heterocycles. The summed E-state index contributed by atoms with van der Waals surface area (Å²) in [4.78, 5) is 6.77. The van der Waals surface area contributed by atoms with Gasteiger partial charge in [0.05, 0.1) is 19.8 Å². The number of rotatable bonds is 6. The van der Waals surface area contributed by atoms with Gasteiger partial charge in [-0.2, -0.15) is 0 Å². The maximum atomic E-state index is 5.46. The van der Waals surface area contributed by atoms with Crippen LogP contribution in [0.2, 0.25) is 0 Å². The number of aromatic nitrogens is 3. The number of nitrogens with one attached hydrogen (secondary N) is 2. The molecular formula is C21H28IN7O. The minimum Gasteiger partial charge on any atom is -0.379 e. The average molecular weight is 521 g/mol. The van der Waals surface area contributed by atoms with Gasteiger partial charge in [-0.05, 0) is 23.3 Å². The van der Waals surface area contributed by atoms with Gasteiger partial charge in [0, 0.05) is 39.4 Å². The lowest BCUT2D eigenvalue weighted by molar-refractivity contribution is 0.0341. The van der Waals surface area contributed by atoms with Crippen molar-refractivity contribution in [3.05, 3.63) is 65.6 Å². The Morgan fingerprint density at radius 1 is 1.00 bits per heavy atom. The second kappa shape index (κ2) is 11.2. The molecule has 0 amide bonds. The van der Waals surface area contributed by atoms with Gasteiger partial charge in [0.15, 0.2) is 17.4 Å². The molecule has 160 valence electrons. The molecule has 0 bridgehead atoms. The Kier molecular flexibility index (Phi) is 8.40. The molecule has 0 radical (unpaired) electrons. The molecule has 0 atom stereocenters. The molecule has 2 N–H and O–H groups in total. The third kappa shape index (κ3) is 5.67. The van der Waals surface area contributed by atoms with Crippen LogP contribution in [0.5, 0.6) is 0 Å². The molecular weight excluding hydrogens is 493 g/mol. The molecule has 4 rings (SSSR count). The van der Waals surface area contributed by atoms with E-state index in [1.54, 1.807) is 7.05 Å². The van der Waals surface area contributed by atoms with Crippen LogP contribution in [0, 0.1) is 0 Å². The fraction of sp³-hybridized carbons (Fsp3) is 0.381. The maximum absolute atomic E-state index is 5.46. The lowest BCUT2D eigenvalue weighted by atomic mass is 10.1. The average Bonchev–Trinajstić information content (AvgIpc) is 3.19. The number of halogens is 1. The molecule has 0 aliphatic carbocycles. The smallest absolute Gasteiger partial charge is 0.191 e. The van der Waals surface area contributed by atoms with Crippen molar-refractivity contribution in [3.63, 3.8) is 0 Å². The Labute approximate surface area is 193 Å². The second-order valence-corrected chi connectivity index (χ2v) is 6.98. The van der Waals surface area contributed by atoms with Crippen LogP contribution >= 0.6 is 24.0 Å². The summed E-state index contributed by atoms with van der Waals surface area (Å²) in [5.74, 6) is 1.58. The highest BCUT2D eigenvalue weighted by Crippen LogP contribution is 2.13. The van der Waals surface area contributed by atoms with Gasteiger partial charge in [0.25, 0.3) is 0 Å². The van der Waals surface area contributed by atoms with E-state index in [2.05, 4.69) is 55.0 Å². The predicted octanol–water partition coefficient (Wildman–Crippen LogP) is 2.04. The monoisotopic (exact) mass is 521 g/mol. The highest BCUT2D eigenvalue weighted by atomic mass is 127. The highest BCUT2D eigenvalue weighted by molar-refractivity contribution is 14.0. The first-order valence-electron chi connectivity index (χ1n) is 9.93. The minimum absolute atomic E-state index is 0.